The molecule has 8 heteroatoms. The van der Waals surface area contributed by atoms with E-state index >= 15 is 0 Å². The van der Waals surface area contributed by atoms with Crippen molar-refractivity contribution in [3.8, 4) is 6.07 Å². The largest absolute Gasteiger partial charge is 0.337 e. The molecule has 0 saturated carbocycles. The molecule has 5 nitrogen and oxygen atoms in total. The van der Waals surface area contributed by atoms with Crippen molar-refractivity contribution < 1.29 is 4.79 Å². The van der Waals surface area contributed by atoms with Crippen LogP contribution in [0.2, 0.25) is 10.3 Å². The SMILES string of the molecule is CN1C(c2ccccc2)=CSC1=C(C#N)C(=O)c1c(Cl)nn(C)c1Cl. The van der Waals surface area contributed by atoms with E-state index in [0.29, 0.717) is 5.03 Å². The lowest BCUT2D eigenvalue weighted by Gasteiger charge is -2.18. The van der Waals surface area contributed by atoms with E-state index in [1.807, 2.05) is 53.8 Å². The second-order valence-corrected chi connectivity index (χ2v) is 6.82. The van der Waals surface area contributed by atoms with E-state index in [2.05, 4.69) is 5.10 Å². The first-order valence-electron chi connectivity index (χ1n) is 7.18. The van der Waals surface area contributed by atoms with Crippen molar-refractivity contribution in [1.82, 2.24) is 14.7 Å². The maximum atomic E-state index is 12.8. The summed E-state index contributed by atoms with van der Waals surface area (Å²) in [6.45, 7) is 0. The molecule has 0 fully saturated rings. The summed E-state index contributed by atoms with van der Waals surface area (Å²) < 4.78 is 1.30. The van der Waals surface area contributed by atoms with Gasteiger partial charge in [0.15, 0.2) is 5.15 Å². The molecule has 0 atom stereocenters. The lowest BCUT2D eigenvalue weighted by molar-refractivity contribution is 0.103. The topological polar surface area (TPSA) is 61.9 Å². The molecular weight excluding hydrogens is 379 g/mol. The fourth-order valence-electron chi connectivity index (χ4n) is 2.46. The van der Waals surface area contributed by atoms with Gasteiger partial charge in [-0.05, 0) is 5.56 Å². The van der Waals surface area contributed by atoms with E-state index < -0.39 is 5.78 Å². The Labute approximate surface area is 159 Å². The molecule has 0 spiro atoms. The number of nitrogens with zero attached hydrogens (tertiary/aromatic N) is 4. The first kappa shape index (κ1) is 17.6. The number of carbonyl (C=O) groups is 1. The van der Waals surface area contributed by atoms with Crippen molar-refractivity contribution in [2.75, 3.05) is 7.05 Å². The van der Waals surface area contributed by atoms with Crippen LogP contribution in [0, 0.1) is 11.3 Å². The summed E-state index contributed by atoms with van der Waals surface area (Å²) in [6.07, 6.45) is 0. The third-order valence-corrected chi connectivity index (χ3v) is 5.47. The van der Waals surface area contributed by atoms with E-state index in [1.165, 1.54) is 16.4 Å². The van der Waals surface area contributed by atoms with Crippen LogP contribution < -0.4 is 0 Å². The highest BCUT2D eigenvalue weighted by Crippen LogP contribution is 2.41. The van der Waals surface area contributed by atoms with E-state index in [4.69, 9.17) is 23.2 Å². The molecule has 126 valence electrons. The standard InChI is InChI=1S/C17H12Cl2N4OS/c1-22-12(10-6-4-3-5-7-10)9-25-17(22)11(8-20)14(24)13-15(18)21-23(2)16(13)19/h3-7,9H,1-2H3. The van der Waals surface area contributed by atoms with Gasteiger partial charge in [0.05, 0.1) is 11.3 Å². The Morgan fingerprint density at radius 1 is 1.24 bits per heavy atom. The zero-order valence-corrected chi connectivity index (χ0v) is 15.7. The predicted octanol–water partition coefficient (Wildman–Crippen LogP) is 4.32. The number of hydrogen-bond acceptors (Lipinski definition) is 5. The molecule has 1 aliphatic rings. The van der Waals surface area contributed by atoms with Crippen molar-refractivity contribution >= 4 is 46.4 Å². The second kappa shape index (κ2) is 6.96. The molecule has 2 heterocycles. The van der Waals surface area contributed by atoms with Gasteiger partial charge in [-0.15, -0.1) is 0 Å². The molecule has 2 aromatic rings. The van der Waals surface area contributed by atoms with Crippen molar-refractivity contribution in [1.29, 1.82) is 5.26 Å². The summed E-state index contributed by atoms with van der Waals surface area (Å²) in [5.41, 5.74) is 1.92. The molecule has 3 rings (SSSR count). The van der Waals surface area contributed by atoms with Crippen molar-refractivity contribution in [3.05, 3.63) is 67.8 Å². The van der Waals surface area contributed by atoms with E-state index in [9.17, 15) is 10.1 Å². The number of ketones is 1. The number of thioether (sulfide) groups is 1. The predicted molar refractivity (Wildman–Crippen MR) is 100.0 cm³/mol. The highest BCUT2D eigenvalue weighted by molar-refractivity contribution is 8.06. The number of nitriles is 1. The quantitative estimate of drug-likeness (QED) is 0.443. The Bertz CT molecular complexity index is 957. The zero-order valence-electron chi connectivity index (χ0n) is 13.3. The van der Waals surface area contributed by atoms with Crippen LogP contribution in [0.5, 0.6) is 0 Å². The van der Waals surface area contributed by atoms with Crippen LogP contribution in [-0.2, 0) is 7.05 Å². The number of aryl methyl sites for hydroxylation is 1. The lowest BCUT2D eigenvalue weighted by atomic mass is 10.1. The first-order chi connectivity index (χ1) is 12.0. The number of rotatable bonds is 3. The average molecular weight is 391 g/mol. The Kier molecular flexibility index (Phi) is 4.91. The number of aromatic nitrogens is 2. The number of carbonyl (C=O) groups excluding carboxylic acids is 1. The highest BCUT2D eigenvalue weighted by atomic mass is 35.5. The van der Waals surface area contributed by atoms with Gasteiger partial charge in [0.25, 0.3) is 0 Å². The van der Waals surface area contributed by atoms with Crippen molar-refractivity contribution in [3.63, 3.8) is 0 Å². The molecule has 0 amide bonds. The average Bonchev–Trinajstić information content (AvgIpc) is 3.09. The molecule has 1 aromatic carbocycles. The monoisotopic (exact) mass is 390 g/mol. The Balaban J connectivity index is 2.01. The van der Waals surface area contributed by atoms with Gasteiger partial charge in [0, 0.05) is 19.5 Å². The molecule has 25 heavy (non-hydrogen) atoms. The molecule has 0 aliphatic carbocycles. The normalized spacial score (nSPS) is 15.8. The van der Waals surface area contributed by atoms with Crippen LogP contribution in [-0.4, -0.2) is 27.5 Å². The summed E-state index contributed by atoms with van der Waals surface area (Å²) in [6, 6.07) is 11.7. The number of allylic oxidation sites excluding steroid dienone is 1. The third-order valence-electron chi connectivity index (χ3n) is 3.73. The van der Waals surface area contributed by atoms with Crippen LogP contribution in [0.15, 0.2) is 46.3 Å². The van der Waals surface area contributed by atoms with E-state index in [0.717, 1.165) is 11.3 Å². The number of halogens is 2. The van der Waals surface area contributed by atoms with Crippen LogP contribution in [0.4, 0.5) is 0 Å². The van der Waals surface area contributed by atoms with Crippen LogP contribution in [0.25, 0.3) is 5.70 Å². The number of benzene rings is 1. The van der Waals surface area contributed by atoms with Crippen molar-refractivity contribution in [2.24, 2.45) is 7.05 Å². The molecule has 1 aromatic heterocycles. The Hall–Kier alpha value is -2.20. The summed E-state index contributed by atoms with van der Waals surface area (Å²) in [5, 5.41) is 16.0. The van der Waals surface area contributed by atoms with Gasteiger partial charge in [0.1, 0.15) is 21.8 Å². The maximum Gasteiger partial charge on any atom is 0.212 e. The van der Waals surface area contributed by atoms with Gasteiger partial charge in [-0.3, -0.25) is 9.48 Å². The number of Topliss-reactive ketones (excluding diaryl/α,β-unsaturated/α-hetero) is 1. The third kappa shape index (κ3) is 3.07. The maximum absolute atomic E-state index is 12.8. The lowest BCUT2D eigenvalue weighted by Crippen LogP contribution is -2.15. The summed E-state index contributed by atoms with van der Waals surface area (Å²) >= 11 is 13.4. The molecule has 0 bridgehead atoms. The van der Waals surface area contributed by atoms with E-state index in [1.54, 1.807) is 7.05 Å². The molecular formula is C17H12Cl2N4OS. The molecule has 0 radical (unpaired) electrons. The molecule has 1 aliphatic heterocycles. The molecule has 0 saturated heterocycles. The summed E-state index contributed by atoms with van der Waals surface area (Å²) in [7, 11) is 3.39. The van der Waals surface area contributed by atoms with Crippen LogP contribution in [0.1, 0.15) is 15.9 Å². The van der Waals surface area contributed by atoms with Crippen molar-refractivity contribution in [2.45, 2.75) is 0 Å². The highest BCUT2D eigenvalue weighted by Gasteiger charge is 2.30. The van der Waals surface area contributed by atoms with Gasteiger partial charge >= 0.3 is 0 Å². The van der Waals surface area contributed by atoms with Gasteiger partial charge in [0.2, 0.25) is 5.78 Å². The van der Waals surface area contributed by atoms with Crippen LogP contribution >= 0.6 is 35.0 Å². The molecule has 0 N–H and O–H groups in total. The summed E-state index contributed by atoms with van der Waals surface area (Å²) in [5.74, 6) is -0.539. The van der Waals surface area contributed by atoms with Crippen LogP contribution in [0.3, 0.4) is 0 Å². The summed E-state index contributed by atoms with van der Waals surface area (Å²) in [4.78, 5) is 14.7. The molecule has 0 unspecified atom stereocenters. The van der Waals surface area contributed by atoms with Gasteiger partial charge in [-0.2, -0.15) is 10.4 Å². The zero-order chi connectivity index (χ0) is 18.1. The smallest absolute Gasteiger partial charge is 0.212 e. The number of hydrogen-bond donors (Lipinski definition) is 0. The minimum absolute atomic E-state index is 0.0206. The van der Waals surface area contributed by atoms with Gasteiger partial charge in [-0.1, -0.05) is 65.3 Å². The fourth-order valence-corrected chi connectivity index (χ4v) is 4.04. The first-order valence-corrected chi connectivity index (χ1v) is 8.82. The second-order valence-electron chi connectivity index (χ2n) is 5.25. The fraction of sp³-hybridized carbons (Fsp3) is 0.118. The minimum Gasteiger partial charge on any atom is -0.337 e. The Morgan fingerprint density at radius 3 is 2.48 bits per heavy atom. The van der Waals surface area contributed by atoms with Gasteiger partial charge < -0.3 is 4.90 Å². The Morgan fingerprint density at radius 2 is 1.92 bits per heavy atom. The van der Waals surface area contributed by atoms with Gasteiger partial charge in [-0.25, -0.2) is 0 Å². The minimum atomic E-state index is -0.539. The van der Waals surface area contributed by atoms with E-state index in [-0.39, 0.29) is 21.4 Å².